The number of rotatable bonds is 22. The van der Waals surface area contributed by atoms with Gasteiger partial charge in [0, 0.05) is 12.8 Å². The number of benzene rings is 2. The zero-order valence-electron chi connectivity index (χ0n) is 31.2. The molecule has 49 heavy (non-hydrogen) atoms. The highest BCUT2D eigenvalue weighted by atomic mass is 16.5. The van der Waals surface area contributed by atoms with Crippen LogP contribution in [0.15, 0.2) is 48.5 Å². The molecular formula is C45H68O4. The highest BCUT2D eigenvalue weighted by Gasteiger charge is 2.23. The van der Waals surface area contributed by atoms with E-state index in [0.717, 1.165) is 56.8 Å². The standard InChI is InChI=1S/C45H68O4/c1-3-5-12-16-36-20-24-38(25-21-36)40-28-32-42(33-29-40)48-44(46)18-14-10-8-7-9-11-15-19-45(47)49-43-34-30-41(31-35-43)39-26-22-37(23-27-39)17-13-6-4-2/h28-39H,3-27H2,1-2H3. The molecule has 4 rings (SSSR count). The van der Waals surface area contributed by atoms with Gasteiger partial charge in [-0.25, -0.2) is 0 Å². The molecule has 2 aromatic carbocycles. The molecule has 0 radical (unpaired) electrons. The molecule has 0 N–H and O–H groups in total. The second-order valence-corrected chi connectivity index (χ2v) is 15.5. The van der Waals surface area contributed by atoms with Crippen LogP contribution in [-0.2, 0) is 9.59 Å². The number of unbranched alkanes of at least 4 members (excludes halogenated alkanes) is 10. The summed E-state index contributed by atoms with van der Waals surface area (Å²) in [7, 11) is 0. The lowest BCUT2D eigenvalue weighted by atomic mass is 9.77. The van der Waals surface area contributed by atoms with Crippen molar-refractivity contribution in [2.24, 2.45) is 11.8 Å². The minimum absolute atomic E-state index is 0.131. The molecule has 2 aromatic rings. The molecule has 0 bridgehead atoms. The molecule has 272 valence electrons. The Kier molecular flexibility index (Phi) is 18.4. The first kappa shape index (κ1) is 39.2. The Labute approximate surface area is 299 Å². The Morgan fingerprint density at radius 2 is 0.816 bits per heavy atom. The van der Waals surface area contributed by atoms with Crippen LogP contribution < -0.4 is 9.47 Å². The van der Waals surface area contributed by atoms with Gasteiger partial charge in [0.1, 0.15) is 11.5 Å². The Bertz CT molecular complexity index is 1080. The van der Waals surface area contributed by atoms with Crippen LogP contribution in [0.2, 0.25) is 0 Å². The van der Waals surface area contributed by atoms with Gasteiger partial charge < -0.3 is 9.47 Å². The topological polar surface area (TPSA) is 52.6 Å². The van der Waals surface area contributed by atoms with Crippen molar-refractivity contribution in [3.8, 4) is 11.5 Å². The molecule has 2 saturated carbocycles. The number of hydrogen-bond donors (Lipinski definition) is 0. The molecular weight excluding hydrogens is 604 g/mol. The highest BCUT2D eigenvalue weighted by molar-refractivity contribution is 5.72. The fourth-order valence-electron chi connectivity index (χ4n) is 8.34. The molecule has 0 heterocycles. The molecule has 0 spiro atoms. The highest BCUT2D eigenvalue weighted by Crippen LogP contribution is 2.39. The lowest BCUT2D eigenvalue weighted by Crippen LogP contribution is -2.13. The van der Waals surface area contributed by atoms with Crippen LogP contribution in [0.5, 0.6) is 11.5 Å². The van der Waals surface area contributed by atoms with Crippen molar-refractivity contribution in [1.29, 1.82) is 0 Å². The van der Waals surface area contributed by atoms with Crippen molar-refractivity contribution >= 4 is 11.9 Å². The van der Waals surface area contributed by atoms with E-state index in [0.29, 0.717) is 36.2 Å². The van der Waals surface area contributed by atoms with Gasteiger partial charge in [-0.3, -0.25) is 9.59 Å². The minimum atomic E-state index is -0.131. The third-order valence-corrected chi connectivity index (χ3v) is 11.6. The second-order valence-electron chi connectivity index (χ2n) is 15.5. The zero-order chi connectivity index (χ0) is 34.5. The Morgan fingerprint density at radius 1 is 0.469 bits per heavy atom. The summed E-state index contributed by atoms with van der Waals surface area (Å²) in [4.78, 5) is 24.8. The van der Waals surface area contributed by atoms with Gasteiger partial charge >= 0.3 is 11.9 Å². The first-order valence-corrected chi connectivity index (χ1v) is 20.6. The summed E-state index contributed by atoms with van der Waals surface area (Å²) in [6.45, 7) is 4.56. The average Bonchev–Trinajstić information content (AvgIpc) is 3.12. The van der Waals surface area contributed by atoms with Gasteiger partial charge in [-0.15, -0.1) is 0 Å². The first-order chi connectivity index (χ1) is 24.0. The van der Waals surface area contributed by atoms with E-state index in [1.165, 1.54) is 114 Å². The predicted molar refractivity (Wildman–Crippen MR) is 203 cm³/mol. The van der Waals surface area contributed by atoms with Crippen molar-refractivity contribution in [3.05, 3.63) is 59.7 Å². The van der Waals surface area contributed by atoms with Crippen LogP contribution in [-0.4, -0.2) is 11.9 Å². The maximum atomic E-state index is 12.4. The zero-order valence-corrected chi connectivity index (χ0v) is 31.2. The third-order valence-electron chi connectivity index (χ3n) is 11.6. The molecule has 0 amide bonds. The minimum Gasteiger partial charge on any atom is -0.427 e. The van der Waals surface area contributed by atoms with E-state index in [4.69, 9.17) is 9.47 Å². The summed E-state index contributed by atoms with van der Waals surface area (Å²) in [6, 6.07) is 16.6. The fourth-order valence-corrected chi connectivity index (χ4v) is 8.34. The smallest absolute Gasteiger partial charge is 0.311 e. The number of carbonyl (C=O) groups is 2. The van der Waals surface area contributed by atoms with Crippen molar-refractivity contribution < 1.29 is 19.1 Å². The van der Waals surface area contributed by atoms with Crippen LogP contribution in [0.3, 0.4) is 0 Å². The molecule has 0 unspecified atom stereocenters. The first-order valence-electron chi connectivity index (χ1n) is 20.6. The largest absolute Gasteiger partial charge is 0.427 e. The van der Waals surface area contributed by atoms with E-state index in [9.17, 15) is 9.59 Å². The van der Waals surface area contributed by atoms with Gasteiger partial charge in [-0.05, 0) is 123 Å². The lowest BCUT2D eigenvalue weighted by Gasteiger charge is -2.29. The lowest BCUT2D eigenvalue weighted by molar-refractivity contribution is -0.135. The van der Waals surface area contributed by atoms with Crippen LogP contribution in [0.1, 0.15) is 197 Å². The maximum Gasteiger partial charge on any atom is 0.311 e. The molecule has 0 saturated heterocycles. The Morgan fingerprint density at radius 3 is 1.16 bits per heavy atom. The predicted octanol–water partition coefficient (Wildman–Crippen LogP) is 13.4. The van der Waals surface area contributed by atoms with E-state index in [-0.39, 0.29) is 11.9 Å². The van der Waals surface area contributed by atoms with Crippen molar-refractivity contribution in [2.45, 2.75) is 186 Å². The number of ether oxygens (including phenoxy) is 2. The Balaban J connectivity index is 0.972. The summed E-state index contributed by atoms with van der Waals surface area (Å²) in [5, 5.41) is 0. The summed E-state index contributed by atoms with van der Waals surface area (Å²) < 4.78 is 11.2. The summed E-state index contributed by atoms with van der Waals surface area (Å²) in [6.07, 6.45) is 29.6. The van der Waals surface area contributed by atoms with Gasteiger partial charge in [0.2, 0.25) is 0 Å². The summed E-state index contributed by atoms with van der Waals surface area (Å²) in [5.41, 5.74) is 2.79. The van der Waals surface area contributed by atoms with Crippen LogP contribution in [0.25, 0.3) is 0 Å². The summed E-state index contributed by atoms with van der Waals surface area (Å²) in [5.74, 6) is 4.24. The quantitative estimate of drug-likeness (QED) is 0.0709. The molecule has 2 aliphatic rings. The Hall–Kier alpha value is -2.62. The monoisotopic (exact) mass is 673 g/mol. The molecule has 0 aliphatic heterocycles. The number of esters is 2. The molecule has 0 aromatic heterocycles. The number of carbonyl (C=O) groups excluding carboxylic acids is 2. The van der Waals surface area contributed by atoms with Gasteiger partial charge in [0.05, 0.1) is 0 Å². The van der Waals surface area contributed by atoms with E-state index < -0.39 is 0 Å². The molecule has 4 heteroatoms. The molecule has 2 fully saturated rings. The van der Waals surface area contributed by atoms with Gasteiger partial charge in [0.25, 0.3) is 0 Å². The van der Waals surface area contributed by atoms with E-state index in [1.54, 1.807) is 0 Å². The van der Waals surface area contributed by atoms with Gasteiger partial charge in [0.15, 0.2) is 0 Å². The van der Waals surface area contributed by atoms with Crippen LogP contribution in [0.4, 0.5) is 0 Å². The van der Waals surface area contributed by atoms with Crippen molar-refractivity contribution in [1.82, 2.24) is 0 Å². The van der Waals surface area contributed by atoms with Crippen molar-refractivity contribution in [3.63, 3.8) is 0 Å². The fraction of sp³-hybridized carbons (Fsp3) is 0.689. The third kappa shape index (κ3) is 15.0. The van der Waals surface area contributed by atoms with E-state index in [2.05, 4.69) is 38.1 Å². The van der Waals surface area contributed by atoms with Crippen LogP contribution in [0, 0.1) is 11.8 Å². The molecule has 0 atom stereocenters. The molecule has 2 aliphatic carbocycles. The maximum absolute atomic E-state index is 12.4. The second kappa shape index (κ2) is 23.0. The SMILES string of the molecule is CCCCCC1CCC(c2ccc(OC(=O)CCCCCCCCCC(=O)Oc3ccc(C4CCC(CCCCC)CC4)cc3)cc2)CC1. The van der Waals surface area contributed by atoms with Gasteiger partial charge in [-0.1, -0.05) is 122 Å². The normalized spacial score (nSPS) is 20.9. The van der Waals surface area contributed by atoms with E-state index >= 15 is 0 Å². The average molecular weight is 673 g/mol. The van der Waals surface area contributed by atoms with E-state index in [1.807, 2.05) is 24.3 Å². The summed E-state index contributed by atoms with van der Waals surface area (Å²) >= 11 is 0. The molecule has 4 nitrogen and oxygen atoms in total. The number of hydrogen-bond acceptors (Lipinski definition) is 4. The van der Waals surface area contributed by atoms with Crippen molar-refractivity contribution in [2.75, 3.05) is 0 Å². The van der Waals surface area contributed by atoms with Gasteiger partial charge in [-0.2, -0.15) is 0 Å². The van der Waals surface area contributed by atoms with Crippen LogP contribution >= 0.6 is 0 Å².